The molecule has 0 amide bonds. The van der Waals surface area contributed by atoms with Crippen LogP contribution in [0.5, 0.6) is 5.75 Å². The molecular formula is C16H27N3OS. The van der Waals surface area contributed by atoms with Crippen LogP contribution in [0.4, 0.5) is 0 Å². The smallest absolute Gasteiger partial charge is 0.193 e. The molecule has 5 heteroatoms. The van der Waals surface area contributed by atoms with Gasteiger partial charge in [0.2, 0.25) is 0 Å². The summed E-state index contributed by atoms with van der Waals surface area (Å²) in [4.78, 5) is 6.78. The first-order valence-electron chi connectivity index (χ1n) is 7.41. The van der Waals surface area contributed by atoms with Gasteiger partial charge in [-0.3, -0.25) is 4.99 Å². The fourth-order valence-corrected chi connectivity index (χ4v) is 2.19. The fraction of sp³-hybridized carbons (Fsp3) is 0.562. The van der Waals surface area contributed by atoms with E-state index in [0.29, 0.717) is 6.61 Å². The third-order valence-corrected chi connectivity index (χ3v) is 3.50. The van der Waals surface area contributed by atoms with Crippen LogP contribution in [0.1, 0.15) is 19.4 Å². The summed E-state index contributed by atoms with van der Waals surface area (Å²) in [5, 5.41) is 3.34. The normalized spacial score (nSPS) is 11.3. The summed E-state index contributed by atoms with van der Waals surface area (Å²) in [6.45, 7) is 7.34. The number of hydrogen-bond acceptors (Lipinski definition) is 3. The van der Waals surface area contributed by atoms with Gasteiger partial charge in [-0.05, 0) is 37.8 Å². The lowest BCUT2D eigenvalue weighted by molar-refractivity contribution is 0.340. The van der Waals surface area contributed by atoms with Gasteiger partial charge in [0, 0.05) is 25.9 Å². The fourth-order valence-electron chi connectivity index (χ4n) is 1.92. The Hall–Kier alpha value is -1.36. The molecule has 0 saturated heterocycles. The first-order chi connectivity index (χ1) is 10.2. The largest absolute Gasteiger partial charge is 0.494 e. The minimum absolute atomic E-state index is 0.700. The van der Waals surface area contributed by atoms with E-state index in [9.17, 15) is 0 Å². The molecule has 0 aromatic heterocycles. The summed E-state index contributed by atoms with van der Waals surface area (Å²) >= 11 is 1.82. The molecule has 0 bridgehead atoms. The predicted octanol–water partition coefficient (Wildman–Crippen LogP) is 2.85. The molecule has 118 valence electrons. The van der Waals surface area contributed by atoms with Gasteiger partial charge in [-0.1, -0.05) is 12.1 Å². The molecule has 0 atom stereocenters. The van der Waals surface area contributed by atoms with Gasteiger partial charge in [-0.25, -0.2) is 0 Å². The van der Waals surface area contributed by atoms with Crippen LogP contribution in [0.2, 0.25) is 0 Å². The van der Waals surface area contributed by atoms with E-state index >= 15 is 0 Å². The molecule has 0 heterocycles. The van der Waals surface area contributed by atoms with Crippen molar-refractivity contribution in [3.8, 4) is 5.75 Å². The Morgan fingerprint density at radius 2 is 2.00 bits per heavy atom. The van der Waals surface area contributed by atoms with Crippen molar-refractivity contribution in [3.05, 3.63) is 29.8 Å². The van der Waals surface area contributed by atoms with E-state index < -0.39 is 0 Å². The summed E-state index contributed by atoms with van der Waals surface area (Å²) in [5.41, 5.74) is 1.25. The van der Waals surface area contributed by atoms with Gasteiger partial charge in [-0.2, -0.15) is 11.8 Å². The molecular weight excluding hydrogens is 282 g/mol. The Bertz CT molecular complexity index is 420. The van der Waals surface area contributed by atoms with E-state index in [0.717, 1.165) is 37.1 Å². The highest BCUT2D eigenvalue weighted by Crippen LogP contribution is 2.13. The Morgan fingerprint density at radius 1 is 1.29 bits per heavy atom. The zero-order valence-electron chi connectivity index (χ0n) is 13.6. The summed E-state index contributed by atoms with van der Waals surface area (Å²) in [6.07, 6.45) is 2.10. The number of nitrogens with one attached hydrogen (secondary N) is 1. The molecule has 0 aliphatic carbocycles. The monoisotopic (exact) mass is 309 g/mol. The van der Waals surface area contributed by atoms with Crippen molar-refractivity contribution in [1.29, 1.82) is 0 Å². The van der Waals surface area contributed by atoms with Crippen molar-refractivity contribution in [2.45, 2.75) is 20.4 Å². The molecule has 1 N–H and O–H groups in total. The summed E-state index contributed by atoms with van der Waals surface area (Å²) in [7, 11) is 2.07. The molecule has 0 unspecified atom stereocenters. The number of thioether (sulfide) groups is 1. The van der Waals surface area contributed by atoms with Crippen molar-refractivity contribution in [1.82, 2.24) is 10.2 Å². The third kappa shape index (κ3) is 6.76. The summed E-state index contributed by atoms with van der Waals surface area (Å²) in [6, 6.07) is 8.24. The molecule has 0 aliphatic heterocycles. The van der Waals surface area contributed by atoms with Crippen molar-refractivity contribution in [3.63, 3.8) is 0 Å². The number of hydrogen-bond donors (Lipinski definition) is 1. The van der Waals surface area contributed by atoms with E-state index in [1.54, 1.807) is 0 Å². The van der Waals surface area contributed by atoms with Gasteiger partial charge in [0.1, 0.15) is 5.75 Å². The highest BCUT2D eigenvalue weighted by molar-refractivity contribution is 7.98. The zero-order valence-corrected chi connectivity index (χ0v) is 14.4. The first-order valence-corrected chi connectivity index (χ1v) is 8.80. The van der Waals surface area contributed by atoms with Crippen LogP contribution in [-0.2, 0) is 6.54 Å². The lowest BCUT2D eigenvalue weighted by atomic mass is 10.2. The van der Waals surface area contributed by atoms with E-state index in [-0.39, 0.29) is 0 Å². The van der Waals surface area contributed by atoms with E-state index in [1.165, 1.54) is 5.56 Å². The minimum Gasteiger partial charge on any atom is -0.494 e. The molecule has 0 radical (unpaired) electrons. The topological polar surface area (TPSA) is 36.9 Å². The number of ether oxygens (including phenoxy) is 1. The SMILES string of the molecule is CCNC(=NCCSC)N(C)Cc1ccc(OCC)cc1. The number of benzene rings is 1. The van der Waals surface area contributed by atoms with Crippen molar-refractivity contribution in [2.75, 3.05) is 38.8 Å². The molecule has 0 aliphatic rings. The highest BCUT2D eigenvalue weighted by atomic mass is 32.2. The van der Waals surface area contributed by atoms with Gasteiger partial charge in [0.15, 0.2) is 5.96 Å². The van der Waals surface area contributed by atoms with Crippen LogP contribution < -0.4 is 10.1 Å². The second kappa shape index (κ2) is 10.4. The Morgan fingerprint density at radius 3 is 2.57 bits per heavy atom. The van der Waals surface area contributed by atoms with E-state index in [2.05, 4.69) is 47.6 Å². The van der Waals surface area contributed by atoms with Crippen molar-refractivity contribution < 1.29 is 4.74 Å². The van der Waals surface area contributed by atoms with Crippen LogP contribution >= 0.6 is 11.8 Å². The molecule has 1 aromatic carbocycles. The van der Waals surface area contributed by atoms with Gasteiger partial charge in [-0.15, -0.1) is 0 Å². The quantitative estimate of drug-likeness (QED) is 0.455. The van der Waals surface area contributed by atoms with Crippen LogP contribution in [0.3, 0.4) is 0 Å². The maximum Gasteiger partial charge on any atom is 0.193 e. The average molecular weight is 309 g/mol. The van der Waals surface area contributed by atoms with Crippen LogP contribution in [0.15, 0.2) is 29.3 Å². The van der Waals surface area contributed by atoms with Gasteiger partial charge in [0.05, 0.1) is 13.2 Å². The lowest BCUT2D eigenvalue weighted by Crippen LogP contribution is -2.38. The maximum atomic E-state index is 5.47. The van der Waals surface area contributed by atoms with Crippen molar-refractivity contribution >= 4 is 17.7 Å². The number of rotatable bonds is 8. The Balaban J connectivity index is 2.62. The van der Waals surface area contributed by atoms with E-state index in [1.807, 2.05) is 30.8 Å². The average Bonchev–Trinajstić information content (AvgIpc) is 2.49. The van der Waals surface area contributed by atoms with Crippen LogP contribution in [-0.4, -0.2) is 49.6 Å². The maximum absolute atomic E-state index is 5.47. The lowest BCUT2D eigenvalue weighted by Gasteiger charge is -2.22. The third-order valence-electron chi connectivity index (χ3n) is 2.91. The molecule has 4 nitrogen and oxygen atoms in total. The standard InChI is InChI=1S/C16H27N3OS/c1-5-17-16(18-11-12-21-4)19(3)13-14-7-9-15(10-8-14)20-6-2/h7-10H,5-6,11-13H2,1-4H3,(H,17,18). The molecule has 0 saturated carbocycles. The molecule has 0 fully saturated rings. The molecule has 21 heavy (non-hydrogen) atoms. The Labute approximate surface area is 133 Å². The number of guanidine groups is 1. The molecule has 1 rings (SSSR count). The number of aliphatic imine (C=N–C) groups is 1. The highest BCUT2D eigenvalue weighted by Gasteiger charge is 2.06. The van der Waals surface area contributed by atoms with Crippen molar-refractivity contribution in [2.24, 2.45) is 4.99 Å². The van der Waals surface area contributed by atoms with Gasteiger partial charge < -0.3 is 15.0 Å². The van der Waals surface area contributed by atoms with Crippen LogP contribution in [0, 0.1) is 0 Å². The molecule has 1 aromatic rings. The molecule has 0 spiro atoms. The number of nitrogens with zero attached hydrogens (tertiary/aromatic N) is 2. The second-order valence-corrected chi connectivity index (χ2v) is 5.65. The second-order valence-electron chi connectivity index (χ2n) is 4.66. The van der Waals surface area contributed by atoms with Gasteiger partial charge in [0.25, 0.3) is 0 Å². The zero-order chi connectivity index (χ0) is 15.5. The predicted molar refractivity (Wildman–Crippen MR) is 93.4 cm³/mol. The van der Waals surface area contributed by atoms with Crippen LogP contribution in [0.25, 0.3) is 0 Å². The summed E-state index contributed by atoms with van der Waals surface area (Å²) in [5.74, 6) is 2.93. The first kappa shape index (κ1) is 17.7. The van der Waals surface area contributed by atoms with E-state index in [4.69, 9.17) is 4.74 Å². The minimum atomic E-state index is 0.700. The van der Waals surface area contributed by atoms with Gasteiger partial charge >= 0.3 is 0 Å². The summed E-state index contributed by atoms with van der Waals surface area (Å²) < 4.78 is 5.47. The Kier molecular flexibility index (Phi) is 8.74.